The molecule has 0 N–H and O–H groups in total. The first-order valence-electron chi connectivity index (χ1n) is 8.31. The third kappa shape index (κ3) is 3.37. The number of para-hydroxylation sites is 1. The highest BCUT2D eigenvalue weighted by molar-refractivity contribution is 7.90. The van der Waals surface area contributed by atoms with Gasteiger partial charge in [0.25, 0.3) is 0 Å². The predicted octanol–water partition coefficient (Wildman–Crippen LogP) is 4.48. The van der Waals surface area contributed by atoms with Crippen LogP contribution in [0.5, 0.6) is 0 Å². The zero-order valence-electron chi connectivity index (χ0n) is 14.5. The minimum atomic E-state index is -1.15. The zero-order valence-corrected chi connectivity index (χ0v) is 15.4. The lowest BCUT2D eigenvalue weighted by molar-refractivity contribution is 0.600. The minimum Gasteiger partial charge on any atom is -0.612 e. The Bertz CT molecular complexity index is 1060. The van der Waals surface area contributed by atoms with Crippen LogP contribution in [0.25, 0.3) is 28.2 Å². The summed E-state index contributed by atoms with van der Waals surface area (Å²) in [6, 6.07) is 17.6. The number of nitrogens with zero attached hydrogens (tertiary/aromatic N) is 3. The maximum absolute atomic E-state index is 13.4. The molecule has 6 heteroatoms. The van der Waals surface area contributed by atoms with Crippen molar-refractivity contribution in [1.82, 2.24) is 14.5 Å². The van der Waals surface area contributed by atoms with Crippen molar-refractivity contribution in [2.75, 3.05) is 6.26 Å². The highest BCUT2D eigenvalue weighted by Crippen LogP contribution is 2.34. The third-order valence-corrected chi connectivity index (χ3v) is 5.24. The van der Waals surface area contributed by atoms with Crippen LogP contribution in [0, 0.1) is 5.82 Å². The van der Waals surface area contributed by atoms with Crippen molar-refractivity contribution in [2.24, 2.45) is 0 Å². The van der Waals surface area contributed by atoms with Crippen LogP contribution in [0.1, 0.15) is 0 Å². The van der Waals surface area contributed by atoms with Crippen molar-refractivity contribution in [3.05, 3.63) is 85.2 Å². The summed E-state index contributed by atoms with van der Waals surface area (Å²) in [6.45, 7) is 0. The number of halogens is 1. The molecule has 27 heavy (non-hydrogen) atoms. The molecule has 0 saturated carbocycles. The Morgan fingerprint density at radius 3 is 2.33 bits per heavy atom. The van der Waals surface area contributed by atoms with Gasteiger partial charge in [0.05, 0.1) is 11.4 Å². The van der Waals surface area contributed by atoms with Gasteiger partial charge in [-0.2, -0.15) is 0 Å². The van der Waals surface area contributed by atoms with Gasteiger partial charge in [0.1, 0.15) is 24.1 Å². The zero-order chi connectivity index (χ0) is 18.8. The van der Waals surface area contributed by atoms with Crippen LogP contribution in [0.3, 0.4) is 0 Å². The van der Waals surface area contributed by atoms with E-state index in [-0.39, 0.29) is 5.82 Å². The molecule has 0 fully saturated rings. The number of pyridine rings is 1. The van der Waals surface area contributed by atoms with Gasteiger partial charge in [-0.1, -0.05) is 12.1 Å². The van der Waals surface area contributed by atoms with E-state index in [0.29, 0.717) is 0 Å². The SMILES string of the molecule is C[S+]([O-])c1ccccc1-n1cnc(-c2ccc(F)cc2)c1-c1ccncc1. The van der Waals surface area contributed by atoms with Gasteiger partial charge in [0, 0.05) is 23.5 Å². The van der Waals surface area contributed by atoms with E-state index in [9.17, 15) is 8.94 Å². The molecular weight excluding hydrogens is 361 g/mol. The molecule has 4 nitrogen and oxygen atoms in total. The van der Waals surface area contributed by atoms with E-state index in [0.717, 1.165) is 33.1 Å². The first-order chi connectivity index (χ1) is 13.1. The molecule has 0 aliphatic heterocycles. The number of aromatic nitrogens is 3. The fraction of sp³-hybridized carbons (Fsp3) is 0.0476. The molecule has 2 aromatic heterocycles. The van der Waals surface area contributed by atoms with Crippen molar-refractivity contribution < 1.29 is 8.94 Å². The lowest BCUT2D eigenvalue weighted by Crippen LogP contribution is -2.05. The molecule has 0 bridgehead atoms. The molecule has 1 unspecified atom stereocenters. The van der Waals surface area contributed by atoms with E-state index < -0.39 is 11.2 Å². The number of hydrogen-bond donors (Lipinski definition) is 0. The smallest absolute Gasteiger partial charge is 0.176 e. The molecule has 0 aliphatic rings. The average molecular weight is 377 g/mol. The normalized spacial score (nSPS) is 12.1. The summed E-state index contributed by atoms with van der Waals surface area (Å²) in [5, 5.41) is 0. The number of hydrogen-bond acceptors (Lipinski definition) is 3. The van der Waals surface area contributed by atoms with Gasteiger partial charge in [0.2, 0.25) is 0 Å². The quantitative estimate of drug-likeness (QED) is 0.493. The van der Waals surface area contributed by atoms with Crippen LogP contribution < -0.4 is 0 Å². The van der Waals surface area contributed by atoms with Crippen molar-refractivity contribution in [3.8, 4) is 28.2 Å². The summed E-state index contributed by atoms with van der Waals surface area (Å²) in [6.07, 6.45) is 6.79. The Hall–Kier alpha value is -2.96. The van der Waals surface area contributed by atoms with Crippen molar-refractivity contribution >= 4 is 11.2 Å². The summed E-state index contributed by atoms with van der Waals surface area (Å²) in [5.74, 6) is -0.296. The standard InChI is InChI=1S/C21H16FN3OS/c1-27(26)19-5-3-2-4-18(19)25-14-24-20(15-6-8-17(22)9-7-15)21(25)16-10-12-23-13-11-16/h2-14H,1H3. The Labute approximate surface area is 159 Å². The molecule has 0 saturated heterocycles. The molecule has 134 valence electrons. The molecule has 2 heterocycles. The predicted molar refractivity (Wildman–Crippen MR) is 105 cm³/mol. The summed E-state index contributed by atoms with van der Waals surface area (Å²) in [7, 11) is 0. The van der Waals surface area contributed by atoms with E-state index in [1.807, 2.05) is 41.0 Å². The van der Waals surface area contributed by atoms with Crippen LogP contribution >= 0.6 is 0 Å². The van der Waals surface area contributed by atoms with E-state index in [1.165, 1.54) is 12.1 Å². The number of rotatable bonds is 4. The van der Waals surface area contributed by atoms with Gasteiger partial charge in [-0.25, -0.2) is 9.37 Å². The Balaban J connectivity index is 1.98. The van der Waals surface area contributed by atoms with E-state index in [1.54, 1.807) is 37.1 Å². The Morgan fingerprint density at radius 2 is 1.63 bits per heavy atom. The van der Waals surface area contributed by atoms with Gasteiger partial charge in [0.15, 0.2) is 4.90 Å². The molecule has 1 atom stereocenters. The minimum absolute atomic E-state index is 0.296. The lowest BCUT2D eigenvalue weighted by atomic mass is 10.1. The summed E-state index contributed by atoms with van der Waals surface area (Å²) in [4.78, 5) is 9.40. The summed E-state index contributed by atoms with van der Waals surface area (Å²) in [5.41, 5.74) is 4.07. The first-order valence-corrected chi connectivity index (χ1v) is 9.87. The number of imidazole rings is 1. The molecule has 4 rings (SSSR count). The Kier molecular flexibility index (Phi) is 4.75. The largest absolute Gasteiger partial charge is 0.612 e. The maximum Gasteiger partial charge on any atom is 0.176 e. The van der Waals surface area contributed by atoms with Crippen LogP contribution in [0.4, 0.5) is 4.39 Å². The van der Waals surface area contributed by atoms with E-state index in [4.69, 9.17) is 0 Å². The van der Waals surface area contributed by atoms with E-state index >= 15 is 0 Å². The topological polar surface area (TPSA) is 53.8 Å². The molecule has 2 aromatic carbocycles. The monoisotopic (exact) mass is 377 g/mol. The summed E-state index contributed by atoms with van der Waals surface area (Å²) >= 11 is -1.15. The van der Waals surface area contributed by atoms with Crippen molar-refractivity contribution in [3.63, 3.8) is 0 Å². The van der Waals surface area contributed by atoms with Gasteiger partial charge in [-0.15, -0.1) is 0 Å². The molecule has 0 spiro atoms. The van der Waals surface area contributed by atoms with Gasteiger partial charge in [-0.05, 0) is 59.7 Å². The fourth-order valence-electron chi connectivity index (χ4n) is 3.03. The van der Waals surface area contributed by atoms with Crippen LogP contribution in [0.15, 0.2) is 84.3 Å². The highest BCUT2D eigenvalue weighted by Gasteiger charge is 2.20. The second kappa shape index (κ2) is 7.34. The Morgan fingerprint density at radius 1 is 0.926 bits per heavy atom. The third-order valence-electron chi connectivity index (χ3n) is 4.27. The molecular formula is C21H16FN3OS. The van der Waals surface area contributed by atoms with Crippen LogP contribution in [-0.4, -0.2) is 25.3 Å². The second-order valence-corrected chi connectivity index (χ2v) is 7.32. The molecule has 0 radical (unpaired) electrons. The van der Waals surface area contributed by atoms with Gasteiger partial charge >= 0.3 is 0 Å². The van der Waals surface area contributed by atoms with E-state index in [2.05, 4.69) is 9.97 Å². The fourth-order valence-corrected chi connectivity index (χ4v) is 3.77. The van der Waals surface area contributed by atoms with Crippen LogP contribution in [0.2, 0.25) is 0 Å². The van der Waals surface area contributed by atoms with Crippen molar-refractivity contribution in [1.29, 1.82) is 0 Å². The van der Waals surface area contributed by atoms with Gasteiger partial charge in [-0.3, -0.25) is 9.55 Å². The van der Waals surface area contributed by atoms with Crippen molar-refractivity contribution in [2.45, 2.75) is 4.90 Å². The number of benzene rings is 2. The molecule has 0 amide bonds. The molecule has 0 aliphatic carbocycles. The maximum atomic E-state index is 13.4. The van der Waals surface area contributed by atoms with Crippen LogP contribution in [-0.2, 0) is 11.2 Å². The summed E-state index contributed by atoms with van der Waals surface area (Å²) < 4.78 is 27.5. The highest BCUT2D eigenvalue weighted by atomic mass is 32.2. The second-order valence-electron chi connectivity index (χ2n) is 5.98. The lowest BCUT2D eigenvalue weighted by Gasteiger charge is -2.14. The average Bonchev–Trinajstić information content (AvgIpc) is 3.14. The molecule has 4 aromatic rings. The first kappa shape index (κ1) is 17.5. The van der Waals surface area contributed by atoms with Gasteiger partial charge < -0.3 is 4.55 Å².